The molecular weight excluding hydrogens is 311 g/mol. The van der Waals surface area contributed by atoms with E-state index in [9.17, 15) is 14.9 Å². The van der Waals surface area contributed by atoms with Crippen LogP contribution < -0.4 is 5.32 Å². The van der Waals surface area contributed by atoms with E-state index in [2.05, 4.69) is 5.32 Å². The molecule has 0 fully saturated rings. The lowest BCUT2D eigenvalue weighted by atomic mass is 10.1. The smallest absolute Gasteiger partial charge is 0.269 e. The Bertz CT molecular complexity index is 490. The lowest BCUT2D eigenvalue weighted by Gasteiger charge is -2.19. The van der Waals surface area contributed by atoms with Gasteiger partial charge in [0.05, 0.1) is 4.92 Å². The normalized spacial score (nSPS) is 11.4. The van der Waals surface area contributed by atoms with Crippen molar-refractivity contribution in [1.29, 1.82) is 0 Å². The highest BCUT2D eigenvalue weighted by Crippen LogP contribution is 2.34. The van der Waals surface area contributed by atoms with Crippen molar-refractivity contribution in [2.24, 2.45) is 0 Å². The van der Waals surface area contributed by atoms with Crippen molar-refractivity contribution < 1.29 is 19.9 Å². The van der Waals surface area contributed by atoms with Crippen molar-refractivity contribution in [1.82, 2.24) is 5.32 Å². The van der Waals surface area contributed by atoms with E-state index in [-0.39, 0.29) is 24.2 Å². The van der Waals surface area contributed by atoms with E-state index < -0.39 is 21.5 Å². The van der Waals surface area contributed by atoms with Gasteiger partial charge >= 0.3 is 0 Å². The molecule has 0 saturated carbocycles. The molecule has 1 aromatic carbocycles. The van der Waals surface area contributed by atoms with Gasteiger partial charge in [-0.1, -0.05) is 23.2 Å². The highest BCUT2D eigenvalue weighted by atomic mass is 35.5. The van der Waals surface area contributed by atoms with Gasteiger partial charge in [0.1, 0.15) is 0 Å². The summed E-state index contributed by atoms with van der Waals surface area (Å²) in [7, 11) is 0. The monoisotopic (exact) mass is 322 g/mol. The molecule has 0 aliphatic heterocycles. The summed E-state index contributed by atoms with van der Waals surface area (Å²) in [6, 6.07) is 4.91. The number of aliphatic hydroxyl groups is 2. The zero-order chi connectivity index (χ0) is 15.3. The molecule has 1 aromatic rings. The van der Waals surface area contributed by atoms with Crippen LogP contribution in [0.3, 0.4) is 0 Å². The summed E-state index contributed by atoms with van der Waals surface area (Å²) in [5.41, 5.74) is 0.0233. The van der Waals surface area contributed by atoms with Crippen LogP contribution in [-0.4, -0.2) is 33.9 Å². The third-order valence-corrected chi connectivity index (χ3v) is 3.19. The van der Waals surface area contributed by atoms with Gasteiger partial charge < -0.3 is 15.5 Å². The summed E-state index contributed by atoms with van der Waals surface area (Å²) in [4.78, 5) is 21.7. The number of aliphatic hydroxyl groups excluding tert-OH is 1. The number of nitro benzene ring substituents is 1. The van der Waals surface area contributed by atoms with Crippen LogP contribution in [0.1, 0.15) is 12.0 Å². The number of nitro groups is 1. The van der Waals surface area contributed by atoms with Crippen LogP contribution in [0.2, 0.25) is 0 Å². The first kappa shape index (κ1) is 16.6. The van der Waals surface area contributed by atoms with Crippen LogP contribution in [0, 0.1) is 10.1 Å². The number of non-ortho nitro benzene ring substituents is 1. The minimum absolute atomic E-state index is 0.0231. The predicted molar refractivity (Wildman–Crippen MR) is 72.3 cm³/mol. The Hall–Kier alpha value is -1.41. The summed E-state index contributed by atoms with van der Waals surface area (Å²) >= 11 is 11.8. The molecule has 0 bridgehead atoms. The Kier molecular flexibility index (Phi) is 5.70. The van der Waals surface area contributed by atoms with Gasteiger partial charge in [0.25, 0.3) is 11.6 Å². The average molecular weight is 323 g/mol. The molecule has 7 nitrogen and oxygen atoms in total. The second-order valence-electron chi connectivity index (χ2n) is 3.90. The van der Waals surface area contributed by atoms with Crippen LogP contribution in [0.25, 0.3) is 0 Å². The standard InChI is InChI=1S/C11H12Cl2N2O5/c12-11(13,10(18)14-6-5-9(16)17)7-1-3-8(4-2-7)15(19)20/h1-4,9,16-17H,5-6H2,(H,14,18). The molecule has 9 heteroatoms. The van der Waals surface area contributed by atoms with E-state index in [0.29, 0.717) is 0 Å². The van der Waals surface area contributed by atoms with Gasteiger partial charge in [-0.3, -0.25) is 14.9 Å². The van der Waals surface area contributed by atoms with E-state index in [1.165, 1.54) is 24.3 Å². The minimum atomic E-state index is -1.92. The number of benzene rings is 1. The molecule has 0 aliphatic rings. The predicted octanol–water partition coefficient (Wildman–Crippen LogP) is 1.04. The van der Waals surface area contributed by atoms with Crippen molar-refractivity contribution in [3.05, 3.63) is 39.9 Å². The lowest BCUT2D eigenvalue weighted by molar-refractivity contribution is -0.384. The van der Waals surface area contributed by atoms with Crippen molar-refractivity contribution in [3.63, 3.8) is 0 Å². The zero-order valence-corrected chi connectivity index (χ0v) is 11.6. The molecule has 0 atom stereocenters. The zero-order valence-electron chi connectivity index (χ0n) is 10.1. The number of alkyl halides is 2. The molecule has 0 aliphatic carbocycles. The first-order chi connectivity index (χ1) is 9.25. The quantitative estimate of drug-likeness (QED) is 0.313. The molecule has 20 heavy (non-hydrogen) atoms. The SMILES string of the molecule is O=C(NCCC(O)O)C(Cl)(Cl)c1ccc([N+](=O)[O-])cc1. The highest BCUT2D eigenvalue weighted by molar-refractivity contribution is 6.57. The fourth-order valence-electron chi connectivity index (χ4n) is 1.35. The largest absolute Gasteiger partial charge is 0.368 e. The maximum absolute atomic E-state index is 11.8. The Labute approximate surface area is 124 Å². The summed E-state index contributed by atoms with van der Waals surface area (Å²) in [6.07, 6.45) is -1.62. The number of nitrogens with zero attached hydrogens (tertiary/aromatic N) is 1. The molecule has 3 N–H and O–H groups in total. The van der Waals surface area contributed by atoms with Gasteiger partial charge in [-0.15, -0.1) is 0 Å². The van der Waals surface area contributed by atoms with Crippen molar-refractivity contribution in [3.8, 4) is 0 Å². The summed E-state index contributed by atoms with van der Waals surface area (Å²) in [5.74, 6) is -0.754. The van der Waals surface area contributed by atoms with Crippen LogP contribution in [0.5, 0.6) is 0 Å². The molecule has 0 aromatic heterocycles. The first-order valence-electron chi connectivity index (χ1n) is 5.52. The number of nitrogens with one attached hydrogen (secondary N) is 1. The number of hydrogen-bond donors (Lipinski definition) is 3. The lowest BCUT2D eigenvalue weighted by Crippen LogP contribution is -2.38. The number of hydrogen-bond acceptors (Lipinski definition) is 5. The summed E-state index contributed by atoms with van der Waals surface area (Å²) in [6.45, 7) is -0.0231. The fourth-order valence-corrected chi connectivity index (χ4v) is 1.73. The molecule has 0 saturated heterocycles. The van der Waals surface area contributed by atoms with E-state index in [4.69, 9.17) is 33.4 Å². The molecular formula is C11H12Cl2N2O5. The molecule has 0 spiro atoms. The van der Waals surface area contributed by atoms with Crippen molar-refractivity contribution >= 4 is 34.8 Å². The van der Waals surface area contributed by atoms with Crippen LogP contribution in [0.15, 0.2) is 24.3 Å². The van der Waals surface area contributed by atoms with E-state index in [1.54, 1.807) is 0 Å². The maximum atomic E-state index is 11.8. The molecule has 1 amide bonds. The molecule has 0 radical (unpaired) electrons. The average Bonchev–Trinajstić information content (AvgIpc) is 2.38. The van der Waals surface area contributed by atoms with Gasteiger partial charge in [-0.05, 0) is 17.7 Å². The van der Waals surface area contributed by atoms with Crippen molar-refractivity contribution in [2.45, 2.75) is 17.0 Å². The second kappa shape index (κ2) is 6.85. The van der Waals surface area contributed by atoms with Crippen LogP contribution >= 0.6 is 23.2 Å². The maximum Gasteiger partial charge on any atom is 0.269 e. The second-order valence-corrected chi connectivity index (χ2v) is 5.23. The Morgan fingerprint density at radius 2 is 1.90 bits per heavy atom. The first-order valence-corrected chi connectivity index (χ1v) is 6.28. The molecule has 0 heterocycles. The number of carbonyl (C=O) groups is 1. The van der Waals surface area contributed by atoms with Crippen LogP contribution in [0.4, 0.5) is 5.69 Å². The molecule has 1 rings (SSSR count). The van der Waals surface area contributed by atoms with E-state index >= 15 is 0 Å². The van der Waals surface area contributed by atoms with E-state index in [1.807, 2.05) is 0 Å². The van der Waals surface area contributed by atoms with Gasteiger partial charge in [0.15, 0.2) is 6.29 Å². The highest BCUT2D eigenvalue weighted by Gasteiger charge is 2.35. The van der Waals surface area contributed by atoms with E-state index in [0.717, 1.165) is 0 Å². The van der Waals surface area contributed by atoms with Gasteiger partial charge in [-0.25, -0.2) is 0 Å². The van der Waals surface area contributed by atoms with Gasteiger partial charge in [0, 0.05) is 25.1 Å². The van der Waals surface area contributed by atoms with Gasteiger partial charge in [-0.2, -0.15) is 0 Å². The number of rotatable bonds is 6. The third kappa shape index (κ3) is 4.31. The molecule has 110 valence electrons. The topological polar surface area (TPSA) is 113 Å². The number of halogens is 2. The Balaban J connectivity index is 2.76. The Morgan fingerprint density at radius 1 is 1.35 bits per heavy atom. The van der Waals surface area contributed by atoms with Gasteiger partial charge in [0.2, 0.25) is 4.33 Å². The third-order valence-electron chi connectivity index (χ3n) is 2.41. The Morgan fingerprint density at radius 3 is 2.35 bits per heavy atom. The minimum Gasteiger partial charge on any atom is -0.368 e. The summed E-state index contributed by atoms with van der Waals surface area (Å²) in [5, 5.41) is 30.1. The number of amides is 1. The van der Waals surface area contributed by atoms with Crippen LogP contribution in [-0.2, 0) is 9.13 Å². The summed E-state index contributed by atoms with van der Waals surface area (Å²) < 4.78 is -1.92. The fraction of sp³-hybridized carbons (Fsp3) is 0.364. The van der Waals surface area contributed by atoms with Crippen molar-refractivity contribution in [2.75, 3.05) is 6.54 Å². The molecule has 0 unspecified atom stereocenters. The number of carbonyl (C=O) groups excluding carboxylic acids is 1.